The molecule has 0 aliphatic heterocycles. The normalized spacial score (nSPS) is 12.4. The summed E-state index contributed by atoms with van der Waals surface area (Å²) in [6.07, 6.45) is 1.03. The Bertz CT molecular complexity index is 313. The predicted molar refractivity (Wildman–Crippen MR) is 71.9 cm³/mol. The highest BCUT2D eigenvalue weighted by Gasteiger charge is 2.05. The van der Waals surface area contributed by atoms with Crippen LogP contribution in [0.3, 0.4) is 0 Å². The maximum absolute atomic E-state index is 6.02. The van der Waals surface area contributed by atoms with Gasteiger partial charge in [-0.1, -0.05) is 19.1 Å². The summed E-state index contributed by atoms with van der Waals surface area (Å²) in [7, 11) is 1.65. The van der Waals surface area contributed by atoms with Gasteiger partial charge in [-0.05, 0) is 24.1 Å². The van der Waals surface area contributed by atoms with E-state index in [9.17, 15) is 0 Å². The second-order valence-corrected chi connectivity index (χ2v) is 4.07. The number of methoxy groups -OCH3 is 1. The van der Waals surface area contributed by atoms with Gasteiger partial charge in [-0.3, -0.25) is 0 Å². The fraction of sp³-hybridized carbons (Fsp3) is 0.571. The molecule has 1 aromatic carbocycles. The van der Waals surface area contributed by atoms with Crippen molar-refractivity contribution in [1.82, 2.24) is 0 Å². The van der Waals surface area contributed by atoms with Crippen LogP contribution in [0.1, 0.15) is 24.9 Å². The van der Waals surface area contributed by atoms with Gasteiger partial charge in [-0.2, -0.15) is 0 Å². The minimum Gasteiger partial charge on any atom is -0.497 e. The van der Waals surface area contributed by atoms with Crippen molar-refractivity contribution in [3.63, 3.8) is 0 Å². The molecule has 0 aromatic heterocycles. The lowest BCUT2D eigenvalue weighted by molar-refractivity contribution is 0.0428. The van der Waals surface area contributed by atoms with Crippen molar-refractivity contribution < 1.29 is 14.2 Å². The molecule has 1 aromatic rings. The number of ether oxygens (including phenoxy) is 3. The van der Waals surface area contributed by atoms with Crippen LogP contribution in [-0.2, 0) is 9.47 Å². The molecule has 0 aliphatic rings. The molecule has 2 N–H and O–H groups in total. The van der Waals surface area contributed by atoms with E-state index in [2.05, 4.69) is 6.92 Å². The van der Waals surface area contributed by atoms with Crippen LogP contribution in [0.25, 0.3) is 0 Å². The van der Waals surface area contributed by atoms with E-state index >= 15 is 0 Å². The highest BCUT2D eigenvalue weighted by atomic mass is 16.5. The van der Waals surface area contributed by atoms with Gasteiger partial charge in [0.1, 0.15) is 5.75 Å². The van der Waals surface area contributed by atoms with Crippen LogP contribution in [-0.4, -0.2) is 33.5 Å². The summed E-state index contributed by atoms with van der Waals surface area (Å²) < 4.78 is 15.9. The van der Waals surface area contributed by atoms with Gasteiger partial charge >= 0.3 is 0 Å². The average molecular weight is 253 g/mol. The van der Waals surface area contributed by atoms with Gasteiger partial charge in [0, 0.05) is 6.61 Å². The van der Waals surface area contributed by atoms with Crippen molar-refractivity contribution in [1.29, 1.82) is 0 Å². The summed E-state index contributed by atoms with van der Waals surface area (Å²) in [4.78, 5) is 0. The topological polar surface area (TPSA) is 53.7 Å². The Labute approximate surface area is 109 Å². The fourth-order valence-corrected chi connectivity index (χ4v) is 1.52. The van der Waals surface area contributed by atoms with Crippen molar-refractivity contribution in [2.75, 3.05) is 33.5 Å². The van der Waals surface area contributed by atoms with Crippen molar-refractivity contribution >= 4 is 0 Å². The minimum absolute atomic E-state index is 0.109. The lowest BCUT2D eigenvalue weighted by atomic mass is 10.1. The van der Waals surface area contributed by atoms with E-state index in [0.29, 0.717) is 19.8 Å². The van der Waals surface area contributed by atoms with Crippen LogP contribution in [0.15, 0.2) is 24.3 Å². The second-order valence-electron chi connectivity index (χ2n) is 4.07. The van der Waals surface area contributed by atoms with Gasteiger partial charge in [0.05, 0.1) is 33.0 Å². The smallest absolute Gasteiger partial charge is 0.118 e. The van der Waals surface area contributed by atoms with Crippen LogP contribution < -0.4 is 10.5 Å². The summed E-state index contributed by atoms with van der Waals surface area (Å²) in [6.45, 7) is 4.59. The molecule has 1 unspecified atom stereocenters. The average Bonchev–Trinajstić information content (AvgIpc) is 2.42. The maximum Gasteiger partial charge on any atom is 0.118 e. The molecule has 0 spiro atoms. The van der Waals surface area contributed by atoms with Gasteiger partial charge in [-0.15, -0.1) is 0 Å². The molecule has 0 aliphatic carbocycles. The first-order valence-corrected chi connectivity index (χ1v) is 6.33. The standard InChI is InChI=1S/C14H23NO3/c1-3-8-17-9-10-18-11-14(15)12-4-6-13(16-2)7-5-12/h4-7,14H,3,8-11,15H2,1-2H3. The lowest BCUT2D eigenvalue weighted by Crippen LogP contribution is -2.18. The van der Waals surface area contributed by atoms with Gasteiger partial charge < -0.3 is 19.9 Å². The molecule has 0 saturated heterocycles. The van der Waals surface area contributed by atoms with Crippen molar-refractivity contribution in [3.8, 4) is 5.75 Å². The molecule has 0 radical (unpaired) electrons. The molecular weight excluding hydrogens is 230 g/mol. The molecule has 4 heteroatoms. The first kappa shape index (κ1) is 15.0. The summed E-state index contributed by atoms with van der Waals surface area (Å²) in [5.41, 5.74) is 7.07. The second kappa shape index (κ2) is 8.91. The predicted octanol–water partition coefficient (Wildman–Crippen LogP) is 2.14. The summed E-state index contributed by atoms with van der Waals surface area (Å²) >= 11 is 0. The van der Waals surface area contributed by atoms with Crippen LogP contribution in [0.4, 0.5) is 0 Å². The third-order valence-electron chi connectivity index (χ3n) is 2.56. The molecule has 0 fully saturated rings. The SMILES string of the molecule is CCCOCCOCC(N)c1ccc(OC)cc1. The van der Waals surface area contributed by atoms with E-state index in [1.807, 2.05) is 24.3 Å². The zero-order valence-electron chi connectivity index (χ0n) is 11.2. The first-order chi connectivity index (χ1) is 8.77. The van der Waals surface area contributed by atoms with E-state index in [-0.39, 0.29) is 6.04 Å². The molecule has 0 heterocycles. The molecule has 102 valence electrons. The van der Waals surface area contributed by atoms with E-state index in [1.54, 1.807) is 7.11 Å². The minimum atomic E-state index is -0.109. The van der Waals surface area contributed by atoms with E-state index in [4.69, 9.17) is 19.9 Å². The van der Waals surface area contributed by atoms with Crippen LogP contribution in [0, 0.1) is 0 Å². The Morgan fingerprint density at radius 1 is 1.06 bits per heavy atom. The summed E-state index contributed by atoms with van der Waals surface area (Å²) in [5.74, 6) is 0.833. The lowest BCUT2D eigenvalue weighted by Gasteiger charge is -2.13. The number of hydrogen-bond acceptors (Lipinski definition) is 4. The van der Waals surface area contributed by atoms with Gasteiger partial charge in [0.15, 0.2) is 0 Å². The zero-order valence-corrected chi connectivity index (χ0v) is 11.2. The Balaban J connectivity index is 2.21. The van der Waals surface area contributed by atoms with Crippen LogP contribution >= 0.6 is 0 Å². The monoisotopic (exact) mass is 253 g/mol. The van der Waals surface area contributed by atoms with Crippen molar-refractivity contribution in [2.45, 2.75) is 19.4 Å². The van der Waals surface area contributed by atoms with Crippen molar-refractivity contribution in [2.24, 2.45) is 5.73 Å². The fourth-order valence-electron chi connectivity index (χ4n) is 1.52. The van der Waals surface area contributed by atoms with Crippen LogP contribution in [0.2, 0.25) is 0 Å². The zero-order chi connectivity index (χ0) is 13.2. The van der Waals surface area contributed by atoms with E-state index < -0.39 is 0 Å². The van der Waals surface area contributed by atoms with Crippen molar-refractivity contribution in [3.05, 3.63) is 29.8 Å². The largest absolute Gasteiger partial charge is 0.497 e. The molecule has 1 atom stereocenters. The molecule has 1 rings (SSSR count). The van der Waals surface area contributed by atoms with Gasteiger partial charge in [0.25, 0.3) is 0 Å². The van der Waals surface area contributed by atoms with Crippen LogP contribution in [0.5, 0.6) is 5.75 Å². The summed E-state index contributed by atoms with van der Waals surface area (Å²) in [5, 5.41) is 0. The van der Waals surface area contributed by atoms with Gasteiger partial charge in [0.2, 0.25) is 0 Å². The number of nitrogens with two attached hydrogens (primary N) is 1. The third-order valence-corrected chi connectivity index (χ3v) is 2.56. The molecule has 0 bridgehead atoms. The Kier molecular flexibility index (Phi) is 7.41. The quantitative estimate of drug-likeness (QED) is 0.685. The maximum atomic E-state index is 6.02. The Morgan fingerprint density at radius 3 is 2.33 bits per heavy atom. The first-order valence-electron chi connectivity index (χ1n) is 6.33. The molecule has 4 nitrogen and oxygen atoms in total. The molecule has 18 heavy (non-hydrogen) atoms. The third kappa shape index (κ3) is 5.49. The van der Waals surface area contributed by atoms with E-state index in [1.165, 1.54) is 0 Å². The van der Waals surface area contributed by atoms with E-state index in [0.717, 1.165) is 24.3 Å². The molecule has 0 saturated carbocycles. The Hall–Kier alpha value is -1.10. The Morgan fingerprint density at radius 2 is 1.72 bits per heavy atom. The summed E-state index contributed by atoms with van der Waals surface area (Å²) in [6, 6.07) is 7.61. The molecule has 0 amide bonds. The highest BCUT2D eigenvalue weighted by Crippen LogP contribution is 2.16. The number of rotatable bonds is 9. The van der Waals surface area contributed by atoms with Gasteiger partial charge in [-0.25, -0.2) is 0 Å². The number of benzene rings is 1. The molecular formula is C14H23NO3. The number of hydrogen-bond donors (Lipinski definition) is 1. The highest BCUT2D eigenvalue weighted by molar-refractivity contribution is 5.28.